The zero-order chi connectivity index (χ0) is 7.61. The van der Waals surface area contributed by atoms with E-state index in [4.69, 9.17) is 5.11 Å². The molecule has 1 aliphatic rings. The van der Waals surface area contributed by atoms with E-state index in [1.165, 1.54) is 0 Å². The minimum atomic E-state index is -0.637. The molecule has 0 atom stereocenters. The Morgan fingerprint density at radius 2 is 2.00 bits per heavy atom. The number of carboxylic acid groups (broad SMARTS) is 1. The highest BCUT2D eigenvalue weighted by Crippen LogP contribution is 2.39. The molecule has 0 spiro atoms. The van der Waals surface area contributed by atoms with Crippen LogP contribution in [0.25, 0.3) is 0 Å². The lowest BCUT2D eigenvalue weighted by molar-refractivity contribution is -0.147. The molecule has 0 saturated heterocycles. The maximum atomic E-state index is 10.7. The summed E-state index contributed by atoms with van der Waals surface area (Å²) in [5.74, 6) is -0.637. The monoisotopic (exact) mass is 206 g/mol. The van der Waals surface area contributed by atoms with Gasteiger partial charge in [-0.15, -0.1) is 0 Å². The molecular weight excluding hydrogens is 196 g/mol. The second kappa shape index (κ2) is 2.91. The van der Waals surface area contributed by atoms with E-state index in [0.717, 1.165) is 25.7 Å². The molecule has 1 fully saturated rings. The highest BCUT2D eigenvalue weighted by Gasteiger charge is 2.39. The van der Waals surface area contributed by atoms with Crippen molar-refractivity contribution in [2.24, 2.45) is 5.41 Å². The van der Waals surface area contributed by atoms with Crippen LogP contribution < -0.4 is 0 Å². The second-order valence-corrected chi connectivity index (χ2v) is 3.49. The first kappa shape index (κ1) is 8.05. The quantitative estimate of drug-likeness (QED) is 0.703. The van der Waals surface area contributed by atoms with Crippen LogP contribution in [0.5, 0.6) is 0 Å². The van der Waals surface area contributed by atoms with Gasteiger partial charge in [-0.2, -0.15) is 0 Å². The molecule has 0 amide bonds. The minimum Gasteiger partial charge on any atom is -0.481 e. The van der Waals surface area contributed by atoms with Crippen LogP contribution in [0.1, 0.15) is 25.7 Å². The van der Waals surface area contributed by atoms with E-state index in [-0.39, 0.29) is 0 Å². The number of carboxylic acids is 1. The Kier molecular flexibility index (Phi) is 2.34. The lowest BCUT2D eigenvalue weighted by atomic mass is 9.89. The Morgan fingerprint density at radius 1 is 1.50 bits per heavy atom. The number of hydrogen-bond acceptors (Lipinski definition) is 1. The first-order valence-corrected chi connectivity index (χ1v) is 4.63. The first-order chi connectivity index (χ1) is 4.71. The molecule has 0 radical (unpaired) electrons. The highest BCUT2D eigenvalue weighted by atomic mass is 79.9. The van der Waals surface area contributed by atoms with Crippen molar-refractivity contribution in [3.8, 4) is 0 Å². The van der Waals surface area contributed by atoms with Crippen molar-refractivity contribution >= 4 is 21.9 Å². The smallest absolute Gasteiger partial charge is 0.310 e. The molecular formula is C7H11BrO2. The van der Waals surface area contributed by atoms with Crippen molar-refractivity contribution in [3.05, 3.63) is 0 Å². The van der Waals surface area contributed by atoms with Crippen LogP contribution in [0.15, 0.2) is 0 Å². The second-order valence-electron chi connectivity index (χ2n) is 2.93. The third-order valence-electron chi connectivity index (χ3n) is 2.27. The summed E-state index contributed by atoms with van der Waals surface area (Å²) in [5.41, 5.74) is -0.431. The van der Waals surface area contributed by atoms with Crippen molar-refractivity contribution in [2.45, 2.75) is 25.7 Å². The van der Waals surface area contributed by atoms with Crippen molar-refractivity contribution in [3.63, 3.8) is 0 Å². The largest absolute Gasteiger partial charge is 0.481 e. The van der Waals surface area contributed by atoms with Gasteiger partial charge in [-0.1, -0.05) is 28.8 Å². The summed E-state index contributed by atoms with van der Waals surface area (Å²) in [5, 5.41) is 9.44. The van der Waals surface area contributed by atoms with Crippen LogP contribution >= 0.6 is 15.9 Å². The number of aliphatic carboxylic acids is 1. The standard InChI is InChI=1S/C7H11BrO2/c8-5-7(6(9)10)3-1-2-4-7/h1-5H2,(H,9,10). The maximum absolute atomic E-state index is 10.7. The molecule has 0 aliphatic heterocycles. The third kappa shape index (κ3) is 1.19. The number of carbonyl (C=O) groups is 1. The fourth-order valence-corrected chi connectivity index (χ4v) is 2.26. The number of hydrogen-bond donors (Lipinski definition) is 1. The number of rotatable bonds is 2. The molecule has 10 heavy (non-hydrogen) atoms. The van der Waals surface area contributed by atoms with E-state index >= 15 is 0 Å². The average molecular weight is 207 g/mol. The minimum absolute atomic E-state index is 0.431. The lowest BCUT2D eigenvalue weighted by Crippen LogP contribution is -2.29. The summed E-state index contributed by atoms with van der Waals surface area (Å²) >= 11 is 3.25. The molecule has 0 aromatic carbocycles. The van der Waals surface area contributed by atoms with Gasteiger partial charge in [-0.25, -0.2) is 0 Å². The molecule has 0 heterocycles. The van der Waals surface area contributed by atoms with Crippen LogP contribution in [0.3, 0.4) is 0 Å². The molecule has 1 rings (SSSR count). The van der Waals surface area contributed by atoms with E-state index in [9.17, 15) is 4.79 Å². The van der Waals surface area contributed by atoms with Crippen LogP contribution in [0.2, 0.25) is 0 Å². The van der Waals surface area contributed by atoms with Crippen molar-refractivity contribution in [1.29, 1.82) is 0 Å². The molecule has 58 valence electrons. The Bertz CT molecular complexity index is 139. The van der Waals surface area contributed by atoms with Gasteiger partial charge in [0.25, 0.3) is 0 Å². The normalized spacial score (nSPS) is 22.9. The summed E-state index contributed by atoms with van der Waals surface area (Å²) < 4.78 is 0. The Hall–Kier alpha value is -0.0500. The fourth-order valence-electron chi connectivity index (χ4n) is 1.46. The van der Waals surface area contributed by atoms with Gasteiger partial charge in [-0.05, 0) is 12.8 Å². The summed E-state index contributed by atoms with van der Waals surface area (Å²) in [6, 6.07) is 0. The van der Waals surface area contributed by atoms with E-state index < -0.39 is 11.4 Å². The third-order valence-corrected chi connectivity index (χ3v) is 3.34. The van der Waals surface area contributed by atoms with Crippen molar-refractivity contribution < 1.29 is 9.90 Å². The van der Waals surface area contributed by atoms with Crippen molar-refractivity contribution in [1.82, 2.24) is 0 Å². The van der Waals surface area contributed by atoms with Gasteiger partial charge in [-0.3, -0.25) is 4.79 Å². The Morgan fingerprint density at radius 3 is 2.20 bits per heavy atom. The Labute approximate surface area is 68.7 Å². The van der Waals surface area contributed by atoms with Crippen molar-refractivity contribution in [2.75, 3.05) is 5.33 Å². The number of alkyl halides is 1. The molecule has 3 heteroatoms. The first-order valence-electron chi connectivity index (χ1n) is 3.51. The highest BCUT2D eigenvalue weighted by molar-refractivity contribution is 9.09. The van der Waals surface area contributed by atoms with E-state index in [2.05, 4.69) is 15.9 Å². The number of halogens is 1. The van der Waals surface area contributed by atoms with Gasteiger partial charge in [0.1, 0.15) is 0 Å². The average Bonchev–Trinajstić information content (AvgIpc) is 2.35. The predicted octanol–water partition coefficient (Wildman–Crippen LogP) is 2.03. The summed E-state index contributed by atoms with van der Waals surface area (Å²) in [7, 11) is 0. The fraction of sp³-hybridized carbons (Fsp3) is 0.857. The molecule has 1 saturated carbocycles. The lowest BCUT2D eigenvalue weighted by Gasteiger charge is -2.19. The van der Waals surface area contributed by atoms with E-state index in [0.29, 0.717) is 5.33 Å². The summed E-state index contributed by atoms with van der Waals surface area (Å²) in [6.07, 6.45) is 3.82. The van der Waals surface area contributed by atoms with Gasteiger partial charge >= 0.3 is 5.97 Å². The molecule has 1 aliphatic carbocycles. The van der Waals surface area contributed by atoms with E-state index in [1.807, 2.05) is 0 Å². The zero-order valence-electron chi connectivity index (χ0n) is 5.77. The molecule has 0 aromatic rings. The van der Waals surface area contributed by atoms with Crippen LogP contribution in [-0.4, -0.2) is 16.4 Å². The molecule has 0 aromatic heterocycles. The van der Waals surface area contributed by atoms with Crippen LogP contribution in [0.4, 0.5) is 0 Å². The van der Waals surface area contributed by atoms with Crippen LogP contribution in [0, 0.1) is 5.41 Å². The topological polar surface area (TPSA) is 37.3 Å². The molecule has 1 N–H and O–H groups in total. The maximum Gasteiger partial charge on any atom is 0.310 e. The summed E-state index contributed by atoms with van der Waals surface area (Å²) in [4.78, 5) is 10.7. The molecule has 2 nitrogen and oxygen atoms in total. The van der Waals surface area contributed by atoms with Gasteiger partial charge in [0.05, 0.1) is 5.41 Å². The van der Waals surface area contributed by atoms with Gasteiger partial charge in [0.15, 0.2) is 0 Å². The zero-order valence-corrected chi connectivity index (χ0v) is 7.35. The Balaban J connectivity index is 2.67. The molecule has 0 bridgehead atoms. The SMILES string of the molecule is O=C(O)C1(CBr)CCCC1. The predicted molar refractivity (Wildman–Crippen MR) is 42.3 cm³/mol. The van der Waals surface area contributed by atoms with Gasteiger partial charge in [0.2, 0.25) is 0 Å². The van der Waals surface area contributed by atoms with Gasteiger partial charge in [0, 0.05) is 5.33 Å². The molecule has 0 unspecified atom stereocenters. The van der Waals surface area contributed by atoms with E-state index in [1.54, 1.807) is 0 Å². The van der Waals surface area contributed by atoms with Crippen LogP contribution in [-0.2, 0) is 4.79 Å². The summed E-state index contributed by atoms with van der Waals surface area (Å²) in [6.45, 7) is 0. The van der Waals surface area contributed by atoms with Gasteiger partial charge < -0.3 is 5.11 Å².